The third-order valence-electron chi connectivity index (χ3n) is 11.9. The van der Waals surface area contributed by atoms with E-state index in [0.29, 0.717) is 26.2 Å². The molecule has 8 amide bonds. The van der Waals surface area contributed by atoms with Crippen molar-refractivity contribution in [3.8, 4) is 0 Å². The summed E-state index contributed by atoms with van der Waals surface area (Å²) in [5.74, 6) is 0. The van der Waals surface area contributed by atoms with Crippen LogP contribution < -0.4 is 21.3 Å². The second-order valence-corrected chi connectivity index (χ2v) is 15.1. The van der Waals surface area contributed by atoms with Crippen LogP contribution in [0.15, 0.2) is 183 Å². The van der Waals surface area contributed by atoms with E-state index < -0.39 is 22.7 Å². The van der Waals surface area contributed by atoms with Crippen molar-refractivity contribution in [2.45, 2.75) is 50.3 Å². The van der Waals surface area contributed by atoms with Gasteiger partial charge in [-0.1, -0.05) is 133 Å². The third kappa shape index (κ3) is 7.20. The first-order valence-electron chi connectivity index (χ1n) is 21.5. The standard InChI is InChI=1S/2C20H22N4O2.2C5H5N/c2*1-3-23-17(25)21-19(15-11-7-5-8-12-15)20(23,16-13-9-6-10-14-16)24(4-2)18(26)22-19;2*1-2-4-6-5-3-1/h2*5-14H,3-4H2,1-2H3,(H,21,25)(H,22,26);2*1-5H. The number of nitrogens with zero attached hydrogens (tertiary/aromatic N) is 6. The van der Waals surface area contributed by atoms with Crippen molar-refractivity contribution in [1.29, 1.82) is 0 Å². The third-order valence-corrected chi connectivity index (χ3v) is 11.9. The number of nitrogens with one attached hydrogen (secondary N) is 4. The summed E-state index contributed by atoms with van der Waals surface area (Å²) >= 11 is 0. The normalized spacial score (nSPS) is 23.7. The Morgan fingerprint density at radius 1 is 0.344 bits per heavy atom. The highest BCUT2D eigenvalue weighted by atomic mass is 16.2. The molecular weight excluding hydrogens is 805 g/mol. The van der Waals surface area contributed by atoms with Gasteiger partial charge in [0.1, 0.15) is 0 Å². The molecular formula is C50H54N10O4. The molecule has 64 heavy (non-hydrogen) atoms. The van der Waals surface area contributed by atoms with Crippen LogP contribution in [-0.4, -0.2) is 79.9 Å². The lowest BCUT2D eigenvalue weighted by Crippen LogP contribution is -2.62. The highest BCUT2D eigenvalue weighted by Crippen LogP contribution is 2.55. The first-order chi connectivity index (χ1) is 31.2. The van der Waals surface area contributed by atoms with Crippen LogP contribution in [-0.2, 0) is 22.7 Å². The zero-order valence-electron chi connectivity index (χ0n) is 36.5. The van der Waals surface area contributed by atoms with Crippen molar-refractivity contribution in [3.05, 3.63) is 205 Å². The number of carbonyl (C=O) groups is 4. The summed E-state index contributed by atoms with van der Waals surface area (Å²) in [5, 5.41) is 12.4. The summed E-state index contributed by atoms with van der Waals surface area (Å²) in [5.41, 5.74) is -0.602. The number of benzene rings is 4. The molecule has 4 saturated heterocycles. The summed E-state index contributed by atoms with van der Waals surface area (Å²) in [4.78, 5) is 66.5. The molecule has 6 heterocycles. The van der Waals surface area contributed by atoms with Gasteiger partial charge in [-0.05, 0) is 52.0 Å². The second-order valence-electron chi connectivity index (χ2n) is 15.1. The number of amides is 8. The Morgan fingerprint density at radius 2 is 0.562 bits per heavy atom. The van der Waals surface area contributed by atoms with Gasteiger partial charge in [-0.25, -0.2) is 19.2 Å². The van der Waals surface area contributed by atoms with Crippen LogP contribution >= 0.6 is 0 Å². The van der Waals surface area contributed by atoms with Gasteiger partial charge in [0.15, 0.2) is 22.7 Å². The fraction of sp³-hybridized carbons (Fsp3) is 0.240. The van der Waals surface area contributed by atoms with Crippen LogP contribution in [0.25, 0.3) is 0 Å². The SMILES string of the molecule is CCN1C(=O)NC2(c3ccccc3)NC(=O)N(CC)C12c1ccccc1.CCN1C(=O)NC2(c3ccccc3)NC(=O)N(CC)C12c1ccccc1.c1ccncc1.c1ccncc1. The van der Waals surface area contributed by atoms with E-state index in [1.165, 1.54) is 0 Å². The average Bonchev–Trinajstić information content (AvgIpc) is 3.96. The van der Waals surface area contributed by atoms with Crippen molar-refractivity contribution in [2.75, 3.05) is 26.2 Å². The van der Waals surface area contributed by atoms with Gasteiger partial charge in [-0.2, -0.15) is 0 Å². The van der Waals surface area contributed by atoms with Crippen LogP contribution in [0.2, 0.25) is 0 Å². The molecule has 10 rings (SSSR count). The van der Waals surface area contributed by atoms with E-state index in [1.807, 2.05) is 185 Å². The number of fused-ring (bicyclic) bond motifs is 2. The zero-order chi connectivity index (χ0) is 45.2. The number of urea groups is 4. The molecule has 328 valence electrons. The molecule has 0 aliphatic carbocycles. The van der Waals surface area contributed by atoms with Gasteiger partial charge in [0.2, 0.25) is 0 Å². The van der Waals surface area contributed by atoms with E-state index in [-0.39, 0.29) is 24.1 Å². The van der Waals surface area contributed by atoms with Gasteiger partial charge < -0.3 is 21.3 Å². The van der Waals surface area contributed by atoms with Gasteiger partial charge in [0.05, 0.1) is 0 Å². The number of pyridine rings is 2. The molecule has 0 spiro atoms. The Hall–Kier alpha value is -7.74. The zero-order valence-corrected chi connectivity index (χ0v) is 36.5. The van der Waals surface area contributed by atoms with E-state index >= 15 is 0 Å². The van der Waals surface area contributed by atoms with Crippen molar-refractivity contribution in [2.24, 2.45) is 0 Å². The maximum absolute atomic E-state index is 13.0. The van der Waals surface area contributed by atoms with Crippen molar-refractivity contribution in [3.63, 3.8) is 0 Å². The van der Waals surface area contributed by atoms with Gasteiger partial charge in [0.25, 0.3) is 0 Å². The first kappa shape index (κ1) is 44.3. The van der Waals surface area contributed by atoms with Crippen LogP contribution in [0.5, 0.6) is 0 Å². The lowest BCUT2D eigenvalue weighted by molar-refractivity contribution is -0.00750. The first-order valence-corrected chi connectivity index (χ1v) is 21.5. The number of hydrogen-bond acceptors (Lipinski definition) is 6. The molecule has 4 N–H and O–H groups in total. The average molecular weight is 859 g/mol. The lowest BCUT2D eigenvalue weighted by Gasteiger charge is -2.46. The quantitative estimate of drug-likeness (QED) is 0.123. The minimum Gasteiger partial charge on any atom is -0.307 e. The van der Waals surface area contributed by atoms with E-state index in [4.69, 9.17) is 0 Å². The van der Waals surface area contributed by atoms with Crippen LogP contribution in [0.1, 0.15) is 49.9 Å². The molecule has 4 aliphatic heterocycles. The lowest BCUT2D eigenvalue weighted by atomic mass is 9.81. The topological polar surface area (TPSA) is 155 Å². The van der Waals surface area contributed by atoms with Crippen molar-refractivity contribution < 1.29 is 19.2 Å². The Balaban J connectivity index is 0.000000152. The second kappa shape index (κ2) is 19.1. The minimum atomic E-state index is -1.06. The summed E-state index contributed by atoms with van der Waals surface area (Å²) in [6.07, 6.45) is 7.00. The molecule has 4 fully saturated rings. The Morgan fingerprint density at radius 3 is 0.750 bits per heavy atom. The summed E-state index contributed by atoms with van der Waals surface area (Å²) in [6, 6.07) is 49.5. The molecule has 0 atom stereocenters. The van der Waals surface area contributed by atoms with Crippen LogP contribution in [0.3, 0.4) is 0 Å². The Labute approximate surface area is 374 Å². The van der Waals surface area contributed by atoms with Gasteiger partial charge in [-0.15, -0.1) is 0 Å². The maximum Gasteiger partial charge on any atom is 0.321 e. The van der Waals surface area contributed by atoms with Gasteiger partial charge >= 0.3 is 24.1 Å². The summed E-state index contributed by atoms with van der Waals surface area (Å²) in [6.45, 7) is 9.62. The fourth-order valence-electron chi connectivity index (χ4n) is 9.59. The molecule has 6 aromatic rings. The van der Waals surface area contributed by atoms with Crippen molar-refractivity contribution >= 4 is 24.1 Å². The molecule has 0 bridgehead atoms. The smallest absolute Gasteiger partial charge is 0.307 e. The molecule has 0 saturated carbocycles. The highest BCUT2D eigenvalue weighted by Gasteiger charge is 2.74. The summed E-state index contributed by atoms with van der Waals surface area (Å²) < 4.78 is 0. The largest absolute Gasteiger partial charge is 0.321 e. The molecule has 4 aliphatic rings. The minimum absolute atomic E-state index is 0.196. The van der Waals surface area contributed by atoms with Crippen LogP contribution in [0, 0.1) is 0 Å². The number of hydrogen-bond donors (Lipinski definition) is 4. The predicted molar refractivity (Wildman–Crippen MR) is 245 cm³/mol. The molecule has 0 radical (unpaired) electrons. The van der Waals surface area contributed by atoms with E-state index in [2.05, 4.69) is 31.2 Å². The van der Waals surface area contributed by atoms with E-state index in [1.54, 1.807) is 44.4 Å². The molecule has 4 aromatic carbocycles. The Bertz CT molecular complexity index is 2190. The summed E-state index contributed by atoms with van der Waals surface area (Å²) in [7, 11) is 0. The molecule has 2 aromatic heterocycles. The molecule has 14 nitrogen and oxygen atoms in total. The van der Waals surface area contributed by atoms with E-state index in [9.17, 15) is 19.2 Å². The number of likely N-dealkylation sites (N-methyl/N-ethyl adjacent to an activating group) is 4. The number of aromatic nitrogens is 2. The maximum atomic E-state index is 13.0. The van der Waals surface area contributed by atoms with E-state index in [0.717, 1.165) is 22.3 Å². The molecule has 0 unspecified atom stereocenters. The van der Waals surface area contributed by atoms with Gasteiger partial charge in [0, 0.05) is 73.2 Å². The highest BCUT2D eigenvalue weighted by molar-refractivity contribution is 5.90. The van der Waals surface area contributed by atoms with Crippen molar-refractivity contribution in [1.82, 2.24) is 50.8 Å². The number of rotatable bonds is 8. The van der Waals surface area contributed by atoms with Crippen LogP contribution in [0.4, 0.5) is 19.2 Å². The Kier molecular flexibility index (Phi) is 13.2. The molecule has 14 heteroatoms. The van der Waals surface area contributed by atoms with Gasteiger partial charge in [-0.3, -0.25) is 29.6 Å². The monoisotopic (exact) mass is 858 g/mol. The fourth-order valence-corrected chi connectivity index (χ4v) is 9.59. The predicted octanol–water partition coefficient (Wildman–Crippen LogP) is 7.73. The number of carbonyl (C=O) groups excluding carboxylic acids is 4.